The highest BCUT2D eigenvalue weighted by Crippen LogP contribution is 2.29. The Hall–Kier alpha value is -5.44. The van der Waals surface area contributed by atoms with Gasteiger partial charge in [-0.2, -0.15) is 0 Å². The zero-order chi connectivity index (χ0) is 42.7. The number of hydrogen-bond acceptors (Lipinski definition) is 10. The van der Waals surface area contributed by atoms with E-state index in [9.17, 15) is 28.8 Å². The lowest BCUT2D eigenvalue weighted by Gasteiger charge is -2.34. The van der Waals surface area contributed by atoms with Crippen LogP contribution in [0.15, 0.2) is 65.4 Å². The molecular formula is C44H60N8O7. The van der Waals surface area contributed by atoms with Crippen LogP contribution in [-0.2, 0) is 35.1 Å². The fraction of sp³-hybridized carbons (Fsp3) is 0.545. The maximum atomic E-state index is 14.4. The molecule has 318 valence electrons. The number of ether oxygens (including phenoxy) is 1. The lowest BCUT2D eigenvalue weighted by Crippen LogP contribution is -2.57. The van der Waals surface area contributed by atoms with Gasteiger partial charge in [-0.25, -0.2) is 15.0 Å². The summed E-state index contributed by atoms with van der Waals surface area (Å²) in [4.78, 5) is 95.9. The first-order chi connectivity index (χ1) is 28.1. The van der Waals surface area contributed by atoms with Crippen molar-refractivity contribution in [1.29, 1.82) is 0 Å². The molecule has 2 aromatic heterocycles. The number of allylic oxidation sites excluding steroid dienone is 2. The van der Waals surface area contributed by atoms with Gasteiger partial charge in [0.25, 0.3) is 11.5 Å². The molecule has 0 saturated heterocycles. The summed E-state index contributed by atoms with van der Waals surface area (Å²) in [5, 5.41) is 4.41. The normalized spacial score (nSPS) is 17.6. The summed E-state index contributed by atoms with van der Waals surface area (Å²) in [6.45, 7) is 9.09. The van der Waals surface area contributed by atoms with E-state index in [2.05, 4.69) is 25.7 Å². The average molecular weight is 813 g/mol. The number of fused-ring (bicyclic) bond motifs is 1. The average Bonchev–Trinajstić information content (AvgIpc) is 3.70. The van der Waals surface area contributed by atoms with Crippen molar-refractivity contribution >= 4 is 40.4 Å². The third kappa shape index (κ3) is 13.0. The van der Waals surface area contributed by atoms with Gasteiger partial charge in [0.1, 0.15) is 29.4 Å². The van der Waals surface area contributed by atoms with E-state index in [0.29, 0.717) is 40.9 Å². The third-order valence-corrected chi connectivity index (χ3v) is 10.6. The van der Waals surface area contributed by atoms with Gasteiger partial charge in [0.15, 0.2) is 5.78 Å². The summed E-state index contributed by atoms with van der Waals surface area (Å²) < 4.78 is 5.36. The smallest absolute Gasteiger partial charge is 0.321 e. The molecule has 1 aromatic carbocycles. The Morgan fingerprint density at radius 2 is 1.76 bits per heavy atom. The summed E-state index contributed by atoms with van der Waals surface area (Å²) in [5.74, 6) is -3.10. The lowest BCUT2D eigenvalue weighted by atomic mass is 9.85. The van der Waals surface area contributed by atoms with Crippen LogP contribution in [0.3, 0.4) is 0 Å². The lowest BCUT2D eigenvalue weighted by molar-refractivity contribution is -0.159. The highest BCUT2D eigenvalue weighted by Gasteiger charge is 2.34. The molecule has 3 unspecified atom stereocenters. The number of benzene rings is 1. The molecule has 4 atom stereocenters. The molecule has 2 aliphatic rings. The summed E-state index contributed by atoms with van der Waals surface area (Å²) in [6.07, 6.45) is 16.4. The van der Waals surface area contributed by atoms with Crippen LogP contribution < -0.4 is 22.0 Å². The largest absolute Gasteiger partial charge is 0.459 e. The highest BCUT2D eigenvalue weighted by atomic mass is 16.6. The second-order valence-electron chi connectivity index (χ2n) is 17.2. The topological polar surface area (TPSA) is 222 Å². The molecule has 59 heavy (non-hydrogen) atoms. The predicted octanol–water partition coefficient (Wildman–Crippen LogP) is 5.20. The first kappa shape index (κ1) is 44.7. The molecule has 6 N–H and O–H groups in total. The van der Waals surface area contributed by atoms with Crippen molar-refractivity contribution < 1.29 is 28.7 Å². The molecule has 2 heterocycles. The van der Waals surface area contributed by atoms with Crippen LogP contribution in [0.5, 0.6) is 0 Å². The number of para-hydroxylation sites is 1. The summed E-state index contributed by atoms with van der Waals surface area (Å²) >= 11 is 0. The van der Waals surface area contributed by atoms with E-state index < -0.39 is 53.2 Å². The molecule has 5 rings (SSSR count). The minimum atomic E-state index is -1.24. The van der Waals surface area contributed by atoms with Gasteiger partial charge in [-0.15, -0.1) is 0 Å². The van der Waals surface area contributed by atoms with Crippen molar-refractivity contribution in [3.8, 4) is 0 Å². The highest BCUT2D eigenvalue weighted by molar-refractivity contribution is 6.08. The fourth-order valence-corrected chi connectivity index (χ4v) is 7.63. The number of rotatable bonds is 17. The number of aromatic amines is 2. The molecule has 0 spiro atoms. The number of ketones is 1. The zero-order valence-corrected chi connectivity index (χ0v) is 34.9. The van der Waals surface area contributed by atoms with E-state index in [-0.39, 0.29) is 42.5 Å². The number of unbranched alkanes of at least 4 members (excludes halogenated alkanes) is 1. The summed E-state index contributed by atoms with van der Waals surface area (Å²) in [6, 6.07) is 3.65. The van der Waals surface area contributed by atoms with E-state index in [1.165, 1.54) is 55.6 Å². The molecule has 2 aliphatic carbocycles. The molecule has 0 aliphatic heterocycles. The van der Waals surface area contributed by atoms with Crippen molar-refractivity contribution in [3.63, 3.8) is 0 Å². The van der Waals surface area contributed by atoms with Crippen LogP contribution in [0.2, 0.25) is 0 Å². The quantitative estimate of drug-likeness (QED) is 0.0519. The van der Waals surface area contributed by atoms with Crippen LogP contribution in [-0.4, -0.2) is 72.1 Å². The minimum Gasteiger partial charge on any atom is -0.459 e. The molecular weight excluding hydrogens is 753 g/mol. The number of hydrazine groups is 1. The van der Waals surface area contributed by atoms with Crippen molar-refractivity contribution in [3.05, 3.63) is 82.5 Å². The van der Waals surface area contributed by atoms with Crippen LogP contribution in [0.25, 0.3) is 10.9 Å². The predicted molar refractivity (Wildman–Crippen MR) is 223 cm³/mol. The van der Waals surface area contributed by atoms with E-state index in [1.54, 1.807) is 57.3 Å². The number of amides is 3. The zero-order valence-electron chi connectivity index (χ0n) is 34.9. The maximum absolute atomic E-state index is 14.4. The monoisotopic (exact) mass is 812 g/mol. The Morgan fingerprint density at radius 3 is 2.44 bits per heavy atom. The molecule has 3 amide bonds. The van der Waals surface area contributed by atoms with Crippen molar-refractivity contribution in [1.82, 2.24) is 35.7 Å². The first-order valence-electron chi connectivity index (χ1n) is 20.9. The van der Waals surface area contributed by atoms with Crippen molar-refractivity contribution in [2.45, 2.75) is 135 Å². The number of esters is 1. The number of nitrogens with two attached hydrogens (primary N) is 1. The van der Waals surface area contributed by atoms with Gasteiger partial charge in [0.2, 0.25) is 11.8 Å². The Balaban J connectivity index is 1.36. The molecule has 3 aromatic rings. The van der Waals surface area contributed by atoms with Gasteiger partial charge >= 0.3 is 5.97 Å². The molecule has 15 nitrogen and oxygen atoms in total. The number of nitrogens with one attached hydrogen (secondary N) is 4. The number of carbonyl (C=O) groups is 5. The van der Waals surface area contributed by atoms with E-state index in [4.69, 9.17) is 15.5 Å². The van der Waals surface area contributed by atoms with Crippen molar-refractivity contribution in [2.75, 3.05) is 0 Å². The van der Waals surface area contributed by atoms with E-state index >= 15 is 0 Å². The standard InChI is InChI=1S/C44H60N8O7/c1-27(2)21-36(39-48-34-17-11-10-16-31(34)40(55)50-39)52(38(54)18-12-9-15-28-13-7-6-8-14-28)51-42(57)35(24-30-25-46-26-47-30)49-41(56)33(45)22-29-19-20-32(37(53)23-29)43(58)59-44(3,4)5/h10-11,16-17,19-20,23,25-28,32-33,35-36H,6-9,12-15,18,21-22,24,45H2,1-5H3,(H,46,47)(H,49,56)(H,51,57)(H,48,50,55)/t32?,33?,35?,36-/m0/s1. The van der Waals surface area contributed by atoms with Gasteiger partial charge in [-0.1, -0.05) is 83.1 Å². The molecule has 0 bridgehead atoms. The van der Waals surface area contributed by atoms with Gasteiger partial charge in [0.05, 0.1) is 29.0 Å². The summed E-state index contributed by atoms with van der Waals surface area (Å²) in [7, 11) is 0. The first-order valence-corrected chi connectivity index (χ1v) is 20.9. The van der Waals surface area contributed by atoms with Crippen LogP contribution in [0, 0.1) is 17.8 Å². The molecule has 0 radical (unpaired) electrons. The molecule has 1 fully saturated rings. The number of H-pyrrole nitrogens is 2. The number of imidazole rings is 1. The number of nitrogens with zero attached hydrogens (tertiary/aromatic N) is 3. The van der Waals surface area contributed by atoms with Crippen LogP contribution in [0.1, 0.15) is 123 Å². The maximum Gasteiger partial charge on any atom is 0.321 e. The summed E-state index contributed by atoms with van der Waals surface area (Å²) in [5.41, 5.74) is 9.40. The van der Waals surface area contributed by atoms with E-state index in [1.807, 2.05) is 13.8 Å². The van der Waals surface area contributed by atoms with Gasteiger partial charge in [-0.3, -0.25) is 34.2 Å². The Kier molecular flexibility index (Phi) is 15.5. The third-order valence-electron chi connectivity index (χ3n) is 10.6. The second-order valence-corrected chi connectivity index (χ2v) is 17.2. The second kappa shape index (κ2) is 20.5. The van der Waals surface area contributed by atoms with Crippen LogP contribution in [0.4, 0.5) is 0 Å². The van der Waals surface area contributed by atoms with Gasteiger partial charge < -0.3 is 25.8 Å². The number of carbonyl (C=O) groups excluding carboxylic acids is 5. The Labute approximate surface area is 345 Å². The van der Waals surface area contributed by atoms with Crippen molar-refractivity contribution in [2.24, 2.45) is 23.5 Å². The van der Waals surface area contributed by atoms with Gasteiger partial charge in [-0.05, 0) is 75.7 Å². The van der Waals surface area contributed by atoms with Gasteiger partial charge in [0, 0.05) is 19.0 Å². The fourth-order valence-electron chi connectivity index (χ4n) is 7.63. The minimum absolute atomic E-state index is 0.0160. The van der Waals surface area contributed by atoms with E-state index in [0.717, 1.165) is 12.8 Å². The SMILES string of the molecule is CC(C)C[C@@H](c1nc2ccccc2c(=O)[nH]1)N(NC(=O)C(Cc1c[nH]cn1)NC(=O)C(N)CC1=CC(=O)C(C(=O)OC(C)(C)C)C=C1)C(=O)CCCCC1CCCCC1. The Morgan fingerprint density at radius 1 is 1.02 bits per heavy atom. The van der Waals surface area contributed by atoms with Crippen LogP contribution >= 0.6 is 0 Å². The molecule has 1 saturated carbocycles. The number of aromatic nitrogens is 4. The number of hydrogen-bond donors (Lipinski definition) is 5. The Bertz CT molecular complexity index is 2060. The molecule has 15 heteroatoms.